The topological polar surface area (TPSA) is 86.1 Å². The molecule has 116 valence electrons. The minimum absolute atomic E-state index is 0.0307. The second-order valence-corrected chi connectivity index (χ2v) is 5.37. The van der Waals surface area contributed by atoms with Crippen LogP contribution >= 0.6 is 0 Å². The Balaban J connectivity index is 1.56. The van der Waals surface area contributed by atoms with Crippen molar-refractivity contribution < 1.29 is 9.53 Å². The van der Waals surface area contributed by atoms with Gasteiger partial charge < -0.3 is 10.1 Å². The van der Waals surface area contributed by atoms with Crippen molar-refractivity contribution in [3.63, 3.8) is 0 Å². The van der Waals surface area contributed by atoms with Crippen molar-refractivity contribution in [2.75, 3.05) is 6.54 Å². The first-order valence-corrected chi connectivity index (χ1v) is 7.51. The van der Waals surface area contributed by atoms with Crippen molar-refractivity contribution in [3.05, 3.63) is 34.6 Å². The van der Waals surface area contributed by atoms with Crippen LogP contribution in [-0.2, 0) is 11.3 Å². The number of carbonyl (C=O) groups is 1. The van der Waals surface area contributed by atoms with E-state index in [0.29, 0.717) is 10.9 Å². The third-order valence-electron chi connectivity index (χ3n) is 3.80. The maximum Gasteiger partial charge on any atom is 0.407 e. The quantitative estimate of drug-likeness (QED) is 0.924. The van der Waals surface area contributed by atoms with Gasteiger partial charge in [-0.1, -0.05) is 17.3 Å². The van der Waals surface area contributed by atoms with Crippen LogP contribution in [0.1, 0.15) is 25.7 Å². The van der Waals surface area contributed by atoms with E-state index in [1.807, 2.05) is 0 Å². The lowest BCUT2D eigenvalue weighted by molar-refractivity contribution is 0.101. The number of nitrogens with zero attached hydrogens (tertiary/aromatic N) is 3. The van der Waals surface area contributed by atoms with Gasteiger partial charge in [-0.3, -0.25) is 4.79 Å². The summed E-state index contributed by atoms with van der Waals surface area (Å²) in [6.45, 7) is 0.537. The van der Waals surface area contributed by atoms with Crippen LogP contribution in [0.4, 0.5) is 4.79 Å². The minimum atomic E-state index is -0.436. The van der Waals surface area contributed by atoms with E-state index < -0.39 is 6.09 Å². The summed E-state index contributed by atoms with van der Waals surface area (Å²) in [6.07, 6.45) is 3.68. The van der Waals surface area contributed by atoms with Crippen LogP contribution < -0.4 is 10.9 Å². The molecular weight excluding hydrogens is 284 g/mol. The normalized spacial score (nSPS) is 15.1. The van der Waals surface area contributed by atoms with Gasteiger partial charge in [-0.05, 0) is 37.8 Å². The number of benzene rings is 1. The van der Waals surface area contributed by atoms with Gasteiger partial charge in [0.05, 0.1) is 11.9 Å². The molecule has 1 N–H and O–H groups in total. The summed E-state index contributed by atoms with van der Waals surface area (Å²) in [4.78, 5) is 23.8. The molecule has 0 spiro atoms. The molecule has 7 heteroatoms. The summed E-state index contributed by atoms with van der Waals surface area (Å²) in [6, 6.07) is 7.05. The second kappa shape index (κ2) is 6.55. The number of ether oxygens (including phenoxy) is 1. The van der Waals surface area contributed by atoms with Crippen LogP contribution in [0.5, 0.6) is 0 Å². The van der Waals surface area contributed by atoms with Gasteiger partial charge in [0.15, 0.2) is 0 Å². The average Bonchev–Trinajstić information content (AvgIpc) is 3.03. The van der Waals surface area contributed by atoms with E-state index in [1.165, 1.54) is 4.68 Å². The largest absolute Gasteiger partial charge is 0.446 e. The van der Waals surface area contributed by atoms with Gasteiger partial charge in [0.2, 0.25) is 0 Å². The molecule has 1 aromatic carbocycles. The van der Waals surface area contributed by atoms with Gasteiger partial charge in [-0.25, -0.2) is 9.48 Å². The fourth-order valence-electron chi connectivity index (χ4n) is 2.63. The van der Waals surface area contributed by atoms with Crippen molar-refractivity contribution in [2.45, 2.75) is 38.3 Å². The van der Waals surface area contributed by atoms with Crippen LogP contribution in [0.2, 0.25) is 0 Å². The Morgan fingerprint density at radius 1 is 1.32 bits per heavy atom. The van der Waals surface area contributed by atoms with Crippen molar-refractivity contribution in [1.29, 1.82) is 0 Å². The van der Waals surface area contributed by atoms with Crippen molar-refractivity contribution in [1.82, 2.24) is 20.3 Å². The summed E-state index contributed by atoms with van der Waals surface area (Å²) < 4.78 is 6.52. The van der Waals surface area contributed by atoms with E-state index in [1.54, 1.807) is 24.3 Å². The summed E-state index contributed by atoms with van der Waals surface area (Å²) >= 11 is 0. The molecule has 1 saturated carbocycles. The molecule has 1 fully saturated rings. The number of fused-ring (bicyclic) bond motifs is 1. The maximum absolute atomic E-state index is 12.2. The first-order chi connectivity index (χ1) is 10.7. The van der Waals surface area contributed by atoms with Gasteiger partial charge in [-0.15, -0.1) is 5.10 Å². The lowest BCUT2D eigenvalue weighted by Crippen LogP contribution is -2.34. The zero-order valence-electron chi connectivity index (χ0n) is 12.2. The third kappa shape index (κ3) is 3.24. The Morgan fingerprint density at radius 3 is 2.91 bits per heavy atom. The number of hydrogen-bond donors (Lipinski definition) is 1. The number of carbonyl (C=O) groups excluding carboxylic acids is 1. The van der Waals surface area contributed by atoms with E-state index in [-0.39, 0.29) is 24.8 Å². The molecule has 0 aliphatic heterocycles. The highest BCUT2D eigenvalue weighted by molar-refractivity contribution is 5.76. The molecule has 0 saturated heterocycles. The molecule has 1 heterocycles. The summed E-state index contributed by atoms with van der Waals surface area (Å²) in [7, 11) is 0. The van der Waals surface area contributed by atoms with E-state index in [2.05, 4.69) is 15.6 Å². The van der Waals surface area contributed by atoms with Gasteiger partial charge in [0.25, 0.3) is 5.56 Å². The molecule has 3 rings (SSSR count). The molecule has 0 radical (unpaired) electrons. The lowest BCUT2D eigenvalue weighted by atomic mass is 10.2. The fraction of sp³-hybridized carbons (Fsp3) is 0.467. The van der Waals surface area contributed by atoms with Crippen LogP contribution in [0.25, 0.3) is 10.9 Å². The maximum atomic E-state index is 12.2. The van der Waals surface area contributed by atoms with Crippen LogP contribution in [0.3, 0.4) is 0 Å². The number of aromatic nitrogens is 3. The van der Waals surface area contributed by atoms with Crippen LogP contribution in [0, 0.1) is 0 Å². The summed E-state index contributed by atoms with van der Waals surface area (Å²) in [5.74, 6) is 0. The Kier molecular flexibility index (Phi) is 4.32. The molecule has 2 aromatic rings. The first kappa shape index (κ1) is 14.5. The third-order valence-corrected chi connectivity index (χ3v) is 3.80. The molecule has 1 aliphatic rings. The Morgan fingerprint density at radius 2 is 2.09 bits per heavy atom. The zero-order valence-corrected chi connectivity index (χ0v) is 12.2. The Bertz CT molecular complexity index is 722. The van der Waals surface area contributed by atoms with Gasteiger partial charge in [0.1, 0.15) is 11.6 Å². The lowest BCUT2D eigenvalue weighted by Gasteiger charge is -2.12. The Hall–Kier alpha value is -2.44. The van der Waals surface area contributed by atoms with Gasteiger partial charge in [-0.2, -0.15) is 0 Å². The van der Waals surface area contributed by atoms with E-state index in [9.17, 15) is 9.59 Å². The second-order valence-electron chi connectivity index (χ2n) is 5.37. The van der Waals surface area contributed by atoms with Crippen LogP contribution in [-0.4, -0.2) is 33.7 Å². The van der Waals surface area contributed by atoms with E-state index in [4.69, 9.17) is 4.74 Å². The highest BCUT2D eigenvalue weighted by Gasteiger charge is 2.18. The molecule has 1 aromatic heterocycles. The first-order valence-electron chi connectivity index (χ1n) is 7.51. The molecular formula is C15H18N4O3. The number of hydrogen-bond acceptors (Lipinski definition) is 5. The molecule has 1 aliphatic carbocycles. The van der Waals surface area contributed by atoms with Crippen molar-refractivity contribution in [3.8, 4) is 0 Å². The minimum Gasteiger partial charge on any atom is -0.446 e. The SMILES string of the molecule is O=C(NCCn1nnc2ccccc2c1=O)OC1CCCC1. The van der Waals surface area contributed by atoms with Gasteiger partial charge >= 0.3 is 6.09 Å². The summed E-state index contributed by atoms with van der Waals surface area (Å²) in [5.41, 5.74) is 0.355. The number of amides is 1. The number of rotatable bonds is 4. The summed E-state index contributed by atoms with van der Waals surface area (Å²) in [5, 5.41) is 11.0. The molecule has 1 amide bonds. The highest BCUT2D eigenvalue weighted by atomic mass is 16.6. The molecule has 0 atom stereocenters. The van der Waals surface area contributed by atoms with Crippen molar-refractivity contribution in [2.24, 2.45) is 0 Å². The van der Waals surface area contributed by atoms with Gasteiger partial charge in [0, 0.05) is 6.54 Å². The fourth-order valence-corrected chi connectivity index (χ4v) is 2.63. The molecule has 0 unspecified atom stereocenters. The standard InChI is InChI=1S/C15H18N4O3/c20-14-12-7-3-4-8-13(12)17-18-19(14)10-9-16-15(21)22-11-5-1-2-6-11/h3-4,7-8,11H,1-2,5-6,9-10H2,(H,16,21). The highest BCUT2D eigenvalue weighted by Crippen LogP contribution is 2.20. The van der Waals surface area contributed by atoms with Crippen molar-refractivity contribution >= 4 is 17.0 Å². The Labute approximate surface area is 127 Å². The monoisotopic (exact) mass is 302 g/mol. The number of nitrogens with one attached hydrogen (secondary N) is 1. The molecule has 22 heavy (non-hydrogen) atoms. The molecule has 0 bridgehead atoms. The van der Waals surface area contributed by atoms with Crippen LogP contribution in [0.15, 0.2) is 29.1 Å². The predicted octanol–water partition coefficient (Wildman–Crippen LogP) is 1.46. The number of alkyl carbamates (subject to hydrolysis) is 1. The molecule has 7 nitrogen and oxygen atoms in total. The zero-order chi connectivity index (χ0) is 15.4. The average molecular weight is 302 g/mol. The smallest absolute Gasteiger partial charge is 0.407 e. The van der Waals surface area contributed by atoms with E-state index >= 15 is 0 Å². The van der Waals surface area contributed by atoms with E-state index in [0.717, 1.165) is 25.7 Å². The predicted molar refractivity (Wildman–Crippen MR) is 80.5 cm³/mol.